The molecule has 6 heteroatoms. The summed E-state index contributed by atoms with van der Waals surface area (Å²) in [6.45, 7) is 9.05. The smallest absolute Gasteiger partial charge is 0.0642 e. The molecule has 0 unspecified atom stereocenters. The SMILES string of the molecule is Brc1ccc(N2CCN(CCc3c[nH]c4ccccc34)CC2)c(N2CCOCC2)c1. The number of nitrogens with zero attached hydrogens (tertiary/aromatic N) is 3. The third kappa shape index (κ3) is 4.22. The normalized spacial score (nSPS) is 18.3. The third-order valence-corrected chi connectivity index (χ3v) is 6.87. The number of nitrogens with one attached hydrogen (secondary N) is 1. The van der Waals surface area contributed by atoms with Crippen molar-refractivity contribution in [3.8, 4) is 0 Å². The predicted molar refractivity (Wildman–Crippen MR) is 128 cm³/mol. The number of para-hydroxylation sites is 1. The maximum absolute atomic E-state index is 5.56. The van der Waals surface area contributed by atoms with Crippen molar-refractivity contribution in [3.05, 3.63) is 58.7 Å². The highest BCUT2D eigenvalue weighted by molar-refractivity contribution is 9.10. The lowest BCUT2D eigenvalue weighted by Crippen LogP contribution is -2.47. The van der Waals surface area contributed by atoms with E-state index in [1.54, 1.807) is 0 Å². The van der Waals surface area contributed by atoms with E-state index in [-0.39, 0.29) is 0 Å². The van der Waals surface area contributed by atoms with Gasteiger partial charge in [0.15, 0.2) is 0 Å². The van der Waals surface area contributed by atoms with E-state index in [9.17, 15) is 0 Å². The van der Waals surface area contributed by atoms with Gasteiger partial charge in [0.2, 0.25) is 0 Å². The van der Waals surface area contributed by atoms with Crippen LogP contribution in [-0.2, 0) is 11.2 Å². The maximum Gasteiger partial charge on any atom is 0.0642 e. The van der Waals surface area contributed by atoms with Crippen LogP contribution in [0.1, 0.15) is 5.56 Å². The number of hydrogen-bond donors (Lipinski definition) is 1. The van der Waals surface area contributed by atoms with Crippen molar-refractivity contribution in [2.75, 3.05) is 68.8 Å². The Balaban J connectivity index is 1.22. The molecule has 0 saturated carbocycles. The molecule has 1 N–H and O–H groups in total. The quantitative estimate of drug-likeness (QED) is 0.610. The number of anilines is 2. The lowest BCUT2D eigenvalue weighted by atomic mass is 10.1. The molecule has 2 saturated heterocycles. The van der Waals surface area contributed by atoms with Gasteiger partial charge in [0, 0.05) is 67.4 Å². The van der Waals surface area contributed by atoms with Crippen LogP contribution >= 0.6 is 15.9 Å². The fourth-order valence-electron chi connectivity index (χ4n) is 4.65. The molecule has 5 rings (SSSR count). The van der Waals surface area contributed by atoms with Gasteiger partial charge < -0.3 is 19.5 Å². The standard InChI is InChI=1S/C24H29BrN4O/c25-20-5-6-23(24(17-20)29-13-15-30-16-14-29)28-11-9-27(10-12-28)8-7-19-18-26-22-4-2-1-3-21(19)22/h1-6,17-18,26H,7-16H2. The summed E-state index contributed by atoms with van der Waals surface area (Å²) in [5, 5.41) is 1.36. The Morgan fingerprint density at radius 2 is 1.63 bits per heavy atom. The number of benzene rings is 2. The number of ether oxygens (including phenoxy) is 1. The molecule has 2 aliphatic heterocycles. The number of morpholine rings is 1. The first-order chi connectivity index (χ1) is 14.8. The van der Waals surface area contributed by atoms with E-state index in [4.69, 9.17) is 4.74 Å². The molecule has 30 heavy (non-hydrogen) atoms. The van der Waals surface area contributed by atoms with Crippen LogP contribution in [0.25, 0.3) is 10.9 Å². The number of hydrogen-bond acceptors (Lipinski definition) is 4. The summed E-state index contributed by atoms with van der Waals surface area (Å²) in [6.07, 6.45) is 3.28. The van der Waals surface area contributed by atoms with Gasteiger partial charge in [-0.3, -0.25) is 4.90 Å². The molecule has 0 bridgehead atoms. The molecule has 3 aromatic rings. The fraction of sp³-hybridized carbons (Fsp3) is 0.417. The van der Waals surface area contributed by atoms with Gasteiger partial charge in [-0.2, -0.15) is 0 Å². The summed E-state index contributed by atoms with van der Waals surface area (Å²) in [5.41, 5.74) is 5.36. The summed E-state index contributed by atoms with van der Waals surface area (Å²) in [4.78, 5) is 11.0. The third-order valence-electron chi connectivity index (χ3n) is 6.37. The highest BCUT2D eigenvalue weighted by Gasteiger charge is 2.22. The number of H-pyrrole nitrogens is 1. The van der Waals surface area contributed by atoms with Gasteiger partial charge in [0.25, 0.3) is 0 Å². The minimum absolute atomic E-state index is 0.813. The second kappa shape index (κ2) is 9.00. The molecule has 0 atom stereocenters. The van der Waals surface area contributed by atoms with Crippen molar-refractivity contribution >= 4 is 38.2 Å². The number of aromatic nitrogens is 1. The van der Waals surface area contributed by atoms with E-state index in [0.29, 0.717) is 0 Å². The Labute approximate surface area is 186 Å². The molecule has 2 fully saturated rings. The molecule has 0 aliphatic carbocycles. The number of rotatable bonds is 5. The summed E-state index contributed by atoms with van der Waals surface area (Å²) < 4.78 is 6.70. The van der Waals surface area contributed by atoms with Crippen molar-refractivity contribution in [3.63, 3.8) is 0 Å². The zero-order chi connectivity index (χ0) is 20.3. The second-order valence-corrected chi connectivity index (χ2v) is 9.09. The van der Waals surface area contributed by atoms with Gasteiger partial charge in [-0.15, -0.1) is 0 Å². The maximum atomic E-state index is 5.56. The fourth-order valence-corrected chi connectivity index (χ4v) is 5.00. The van der Waals surface area contributed by atoms with E-state index in [1.165, 1.54) is 27.8 Å². The number of fused-ring (bicyclic) bond motifs is 1. The van der Waals surface area contributed by atoms with Crippen molar-refractivity contribution in [1.29, 1.82) is 0 Å². The zero-order valence-corrected chi connectivity index (χ0v) is 18.9. The van der Waals surface area contributed by atoms with E-state index in [2.05, 4.69) is 84.3 Å². The number of halogens is 1. The molecule has 0 spiro atoms. The summed E-state index contributed by atoms with van der Waals surface area (Å²) in [5.74, 6) is 0. The van der Waals surface area contributed by atoms with Crippen LogP contribution in [0.3, 0.4) is 0 Å². The van der Waals surface area contributed by atoms with E-state index in [1.807, 2.05) is 0 Å². The van der Waals surface area contributed by atoms with Gasteiger partial charge in [-0.1, -0.05) is 34.1 Å². The number of piperazine rings is 1. The van der Waals surface area contributed by atoms with Crippen LogP contribution in [-0.4, -0.2) is 68.9 Å². The zero-order valence-electron chi connectivity index (χ0n) is 17.3. The minimum atomic E-state index is 0.813. The highest BCUT2D eigenvalue weighted by Crippen LogP contribution is 2.33. The molecular weight excluding hydrogens is 440 g/mol. The molecule has 1 aromatic heterocycles. The average Bonchev–Trinajstić information content (AvgIpc) is 3.22. The van der Waals surface area contributed by atoms with Crippen LogP contribution in [0.15, 0.2) is 53.1 Å². The predicted octanol–water partition coefficient (Wildman–Crippen LogP) is 4.13. The monoisotopic (exact) mass is 468 g/mol. The molecule has 0 amide bonds. The van der Waals surface area contributed by atoms with Gasteiger partial charge in [-0.05, 0) is 36.2 Å². The van der Waals surface area contributed by atoms with E-state index >= 15 is 0 Å². The highest BCUT2D eigenvalue weighted by atomic mass is 79.9. The van der Waals surface area contributed by atoms with Gasteiger partial charge in [0.1, 0.15) is 0 Å². The van der Waals surface area contributed by atoms with Crippen LogP contribution in [0.5, 0.6) is 0 Å². The van der Waals surface area contributed by atoms with Crippen molar-refractivity contribution in [2.45, 2.75) is 6.42 Å². The van der Waals surface area contributed by atoms with Crippen molar-refractivity contribution < 1.29 is 4.74 Å². The molecule has 2 aromatic carbocycles. The van der Waals surface area contributed by atoms with E-state index < -0.39 is 0 Å². The van der Waals surface area contributed by atoms with Crippen molar-refractivity contribution in [2.24, 2.45) is 0 Å². The van der Waals surface area contributed by atoms with Gasteiger partial charge >= 0.3 is 0 Å². The lowest BCUT2D eigenvalue weighted by Gasteiger charge is -2.39. The van der Waals surface area contributed by atoms with Gasteiger partial charge in [0.05, 0.1) is 24.6 Å². The molecular formula is C24H29BrN4O. The number of aromatic amines is 1. The first-order valence-electron chi connectivity index (χ1n) is 10.9. The molecule has 5 nitrogen and oxygen atoms in total. The van der Waals surface area contributed by atoms with Crippen LogP contribution in [0.4, 0.5) is 11.4 Å². The van der Waals surface area contributed by atoms with E-state index in [0.717, 1.165) is 69.9 Å². The summed E-state index contributed by atoms with van der Waals surface area (Å²) in [6, 6.07) is 15.3. The van der Waals surface area contributed by atoms with Crippen LogP contribution in [0.2, 0.25) is 0 Å². The summed E-state index contributed by atoms with van der Waals surface area (Å²) in [7, 11) is 0. The molecule has 2 aliphatic rings. The van der Waals surface area contributed by atoms with Crippen LogP contribution in [0, 0.1) is 0 Å². The summed E-state index contributed by atoms with van der Waals surface area (Å²) >= 11 is 3.67. The first kappa shape index (κ1) is 19.9. The van der Waals surface area contributed by atoms with Crippen molar-refractivity contribution in [1.82, 2.24) is 9.88 Å². The Morgan fingerprint density at radius 1 is 0.867 bits per heavy atom. The molecule has 0 radical (unpaired) electrons. The second-order valence-electron chi connectivity index (χ2n) is 8.17. The van der Waals surface area contributed by atoms with Crippen LogP contribution < -0.4 is 9.80 Å². The Bertz CT molecular complexity index is 990. The topological polar surface area (TPSA) is 34.7 Å². The first-order valence-corrected chi connectivity index (χ1v) is 11.7. The minimum Gasteiger partial charge on any atom is -0.378 e. The molecule has 158 valence electrons. The van der Waals surface area contributed by atoms with Gasteiger partial charge in [-0.25, -0.2) is 0 Å². The largest absolute Gasteiger partial charge is 0.378 e. The Hall–Kier alpha value is -2.02. The Morgan fingerprint density at radius 3 is 2.47 bits per heavy atom. The lowest BCUT2D eigenvalue weighted by molar-refractivity contribution is 0.122. The Kier molecular flexibility index (Phi) is 5.97. The molecule has 3 heterocycles. The average molecular weight is 469 g/mol.